The van der Waals surface area contributed by atoms with E-state index >= 15 is 0 Å². The molecule has 3 aromatic rings. The number of carbonyl (C=O) groups excluding carboxylic acids is 1. The number of quaternary nitrogens is 1. The van der Waals surface area contributed by atoms with E-state index in [1.54, 1.807) is 12.1 Å². The molecule has 1 heterocycles. The van der Waals surface area contributed by atoms with E-state index < -0.39 is 0 Å². The van der Waals surface area contributed by atoms with Crippen LogP contribution in [0.1, 0.15) is 23.1 Å². The standard InChI is InChI=1S/C25H25Cl2N3OS/c26-20-14-21(27)24(22(28)15-20)32-29-23(11-10-17-6-2-1-3-7-17)25(31)30-13-12-18-8-4-5-9-19(18)16-30/h1-9,14-15,23,29H,10-13,16,28H2/p+1. The largest absolute Gasteiger partial charge is 0.337 e. The van der Waals surface area contributed by atoms with E-state index in [9.17, 15) is 4.79 Å². The van der Waals surface area contributed by atoms with Crippen molar-refractivity contribution in [1.82, 2.24) is 9.62 Å². The lowest BCUT2D eigenvalue weighted by atomic mass is 9.98. The van der Waals surface area contributed by atoms with Gasteiger partial charge in [0.05, 0.1) is 11.1 Å². The smallest absolute Gasteiger partial charge is 0.240 e. The Balaban J connectivity index is 1.50. The van der Waals surface area contributed by atoms with Crippen molar-refractivity contribution in [2.75, 3.05) is 6.54 Å². The summed E-state index contributed by atoms with van der Waals surface area (Å²) < 4.78 is 3.39. The summed E-state index contributed by atoms with van der Waals surface area (Å²) in [6.45, 7) is 1.37. The molecule has 1 unspecified atom stereocenters. The van der Waals surface area contributed by atoms with Gasteiger partial charge in [-0.25, -0.2) is 4.72 Å². The highest BCUT2D eigenvalue weighted by molar-refractivity contribution is 7.97. The zero-order valence-corrected chi connectivity index (χ0v) is 20.0. The fourth-order valence-corrected chi connectivity index (χ4v) is 5.43. The molecule has 0 aromatic heterocycles. The number of aryl methyl sites for hydroxylation is 1. The van der Waals surface area contributed by atoms with Crippen molar-refractivity contribution in [3.8, 4) is 0 Å². The molecule has 1 atom stereocenters. The molecule has 1 amide bonds. The average Bonchev–Trinajstić information content (AvgIpc) is 2.80. The first-order valence-electron chi connectivity index (χ1n) is 10.6. The average molecular weight is 487 g/mol. The molecular formula is C25H26Cl2N3OS+. The van der Waals surface area contributed by atoms with Crippen LogP contribution in [-0.4, -0.2) is 23.4 Å². The number of nitrogens with zero attached hydrogens (tertiary/aromatic N) is 1. The normalized spacial score (nSPS) is 14.2. The van der Waals surface area contributed by atoms with Crippen molar-refractivity contribution >= 4 is 46.7 Å². The van der Waals surface area contributed by atoms with Gasteiger partial charge in [-0.2, -0.15) is 0 Å². The molecule has 0 fully saturated rings. The Bertz CT molecular complexity index is 1070. The van der Waals surface area contributed by atoms with Crippen LogP contribution in [0.15, 0.2) is 71.6 Å². The molecule has 32 heavy (non-hydrogen) atoms. The van der Waals surface area contributed by atoms with Gasteiger partial charge in [0.15, 0.2) is 0 Å². The van der Waals surface area contributed by atoms with Gasteiger partial charge in [0.1, 0.15) is 10.6 Å². The van der Waals surface area contributed by atoms with Gasteiger partial charge in [-0.15, -0.1) is 0 Å². The molecular weight excluding hydrogens is 461 g/mol. The van der Waals surface area contributed by atoms with Gasteiger partial charge in [-0.3, -0.25) is 4.79 Å². The molecule has 1 aliphatic rings. The van der Waals surface area contributed by atoms with E-state index in [-0.39, 0.29) is 11.9 Å². The van der Waals surface area contributed by atoms with Crippen molar-refractivity contribution in [3.05, 3.63) is 93.5 Å². The molecule has 0 saturated carbocycles. The van der Waals surface area contributed by atoms with Crippen molar-refractivity contribution < 1.29 is 10.5 Å². The van der Waals surface area contributed by atoms with Crippen LogP contribution >= 0.6 is 35.1 Å². The SMILES string of the molecule is [NH3+]c1cc(Cl)cc(Cl)c1SNC(CCc1ccccc1)C(=O)N1CCc2ccccc2C1. The number of benzene rings is 3. The van der Waals surface area contributed by atoms with Crippen LogP contribution in [0.2, 0.25) is 10.0 Å². The van der Waals surface area contributed by atoms with Crippen LogP contribution in [0.25, 0.3) is 0 Å². The van der Waals surface area contributed by atoms with E-state index in [4.69, 9.17) is 23.2 Å². The molecule has 0 aliphatic carbocycles. The molecule has 1 aliphatic heterocycles. The van der Waals surface area contributed by atoms with Gasteiger partial charge < -0.3 is 10.6 Å². The third-order valence-electron chi connectivity index (χ3n) is 5.69. The molecule has 4 N–H and O–H groups in total. The zero-order chi connectivity index (χ0) is 22.5. The molecule has 166 valence electrons. The molecule has 0 saturated heterocycles. The van der Waals surface area contributed by atoms with E-state index in [0.29, 0.717) is 23.0 Å². The van der Waals surface area contributed by atoms with Crippen LogP contribution in [-0.2, 0) is 24.2 Å². The first-order valence-corrected chi connectivity index (χ1v) is 12.2. The number of rotatable bonds is 7. The van der Waals surface area contributed by atoms with E-state index in [0.717, 1.165) is 30.0 Å². The van der Waals surface area contributed by atoms with Crippen LogP contribution in [0.5, 0.6) is 0 Å². The second-order valence-corrected chi connectivity index (χ2v) is 9.64. The minimum Gasteiger partial charge on any atom is -0.337 e. The van der Waals surface area contributed by atoms with Gasteiger partial charge in [-0.05, 0) is 54.0 Å². The maximum Gasteiger partial charge on any atom is 0.240 e. The third kappa shape index (κ3) is 5.66. The lowest BCUT2D eigenvalue weighted by Gasteiger charge is -2.32. The summed E-state index contributed by atoms with van der Waals surface area (Å²) in [7, 11) is 0. The highest BCUT2D eigenvalue weighted by Crippen LogP contribution is 2.33. The highest BCUT2D eigenvalue weighted by Gasteiger charge is 2.28. The van der Waals surface area contributed by atoms with Gasteiger partial charge in [0, 0.05) is 24.2 Å². The maximum atomic E-state index is 13.6. The summed E-state index contributed by atoms with van der Waals surface area (Å²) in [5.74, 6) is 0.110. The summed E-state index contributed by atoms with van der Waals surface area (Å²) in [4.78, 5) is 16.3. The lowest BCUT2D eigenvalue weighted by molar-refractivity contribution is -0.258. The Hall–Kier alpha value is -2.02. The van der Waals surface area contributed by atoms with Gasteiger partial charge >= 0.3 is 0 Å². The molecule has 7 heteroatoms. The Labute approximate surface area is 203 Å². The summed E-state index contributed by atoms with van der Waals surface area (Å²) in [5, 5.41) is 1.08. The first-order chi connectivity index (χ1) is 15.5. The number of nitrogens with one attached hydrogen (secondary N) is 1. The Kier molecular flexibility index (Phi) is 7.76. The van der Waals surface area contributed by atoms with Crippen molar-refractivity contribution in [3.63, 3.8) is 0 Å². The predicted molar refractivity (Wildman–Crippen MR) is 132 cm³/mol. The van der Waals surface area contributed by atoms with Gasteiger partial charge in [0.25, 0.3) is 0 Å². The molecule has 3 aromatic carbocycles. The summed E-state index contributed by atoms with van der Waals surface area (Å²) in [6.07, 6.45) is 2.37. The quantitative estimate of drug-likeness (QED) is 0.459. The second kappa shape index (κ2) is 10.7. The lowest BCUT2D eigenvalue weighted by Crippen LogP contribution is -2.47. The third-order valence-corrected chi connectivity index (χ3v) is 7.41. The minimum atomic E-state index is -0.350. The van der Waals surface area contributed by atoms with Crippen molar-refractivity contribution in [2.45, 2.75) is 36.7 Å². The first kappa shape index (κ1) is 23.1. The zero-order valence-electron chi connectivity index (χ0n) is 17.7. The van der Waals surface area contributed by atoms with Crippen LogP contribution < -0.4 is 10.5 Å². The number of halogens is 2. The molecule has 0 spiro atoms. The van der Waals surface area contributed by atoms with E-state index in [1.165, 1.54) is 28.6 Å². The van der Waals surface area contributed by atoms with Crippen LogP contribution in [0.4, 0.5) is 5.69 Å². The highest BCUT2D eigenvalue weighted by atomic mass is 35.5. The van der Waals surface area contributed by atoms with Gasteiger partial charge in [0.2, 0.25) is 5.91 Å². The number of amides is 1. The van der Waals surface area contributed by atoms with E-state index in [1.807, 2.05) is 29.2 Å². The van der Waals surface area contributed by atoms with Crippen LogP contribution in [0.3, 0.4) is 0 Å². The topological polar surface area (TPSA) is 60.0 Å². The molecule has 0 bridgehead atoms. The Morgan fingerprint density at radius 1 is 1.06 bits per heavy atom. The fourth-order valence-electron chi connectivity index (χ4n) is 3.95. The van der Waals surface area contributed by atoms with Crippen LogP contribution in [0, 0.1) is 0 Å². The van der Waals surface area contributed by atoms with Gasteiger partial charge in [-0.1, -0.05) is 77.8 Å². The van der Waals surface area contributed by atoms with Crippen molar-refractivity contribution in [2.24, 2.45) is 0 Å². The Morgan fingerprint density at radius 2 is 1.78 bits per heavy atom. The predicted octanol–water partition coefficient (Wildman–Crippen LogP) is 5.05. The molecule has 4 rings (SSSR count). The summed E-state index contributed by atoms with van der Waals surface area (Å²) in [5.41, 5.74) is 8.55. The Morgan fingerprint density at radius 3 is 2.53 bits per heavy atom. The number of fused-ring (bicyclic) bond motifs is 1. The number of carbonyl (C=O) groups is 1. The molecule has 4 nitrogen and oxygen atoms in total. The second-order valence-electron chi connectivity index (χ2n) is 7.95. The van der Waals surface area contributed by atoms with E-state index in [2.05, 4.69) is 40.8 Å². The maximum absolute atomic E-state index is 13.6. The fraction of sp³-hybridized carbons (Fsp3) is 0.240. The number of hydrogen-bond donors (Lipinski definition) is 2. The number of hydrogen-bond acceptors (Lipinski definition) is 3. The molecule has 0 radical (unpaired) electrons. The monoisotopic (exact) mass is 486 g/mol. The van der Waals surface area contributed by atoms with Crippen molar-refractivity contribution in [1.29, 1.82) is 0 Å². The minimum absolute atomic E-state index is 0.110. The summed E-state index contributed by atoms with van der Waals surface area (Å²) in [6, 6.07) is 21.7. The summed E-state index contributed by atoms with van der Waals surface area (Å²) >= 11 is 13.8.